The van der Waals surface area contributed by atoms with E-state index in [4.69, 9.17) is 10.5 Å². The Morgan fingerprint density at radius 3 is 2.87 bits per heavy atom. The Morgan fingerprint density at radius 2 is 2.17 bits per heavy atom. The molecule has 6 heteroatoms. The first-order chi connectivity index (χ1) is 11.2. The second kappa shape index (κ2) is 6.83. The Morgan fingerprint density at radius 1 is 1.39 bits per heavy atom. The summed E-state index contributed by atoms with van der Waals surface area (Å²) in [6, 6.07) is 7.98. The van der Waals surface area contributed by atoms with Gasteiger partial charge in [-0.2, -0.15) is 5.10 Å². The van der Waals surface area contributed by atoms with Crippen molar-refractivity contribution in [3.63, 3.8) is 0 Å². The topological polar surface area (TPSA) is 73.4 Å². The van der Waals surface area contributed by atoms with Gasteiger partial charge >= 0.3 is 0 Å². The summed E-state index contributed by atoms with van der Waals surface area (Å²) in [7, 11) is 1.65. The molecule has 6 nitrogen and oxygen atoms in total. The quantitative estimate of drug-likeness (QED) is 0.908. The second-order valence-corrected chi connectivity index (χ2v) is 5.80. The minimum atomic E-state index is 0.0268. The zero-order chi connectivity index (χ0) is 16.2. The van der Waals surface area contributed by atoms with E-state index in [2.05, 4.69) is 5.10 Å². The van der Waals surface area contributed by atoms with Crippen LogP contribution in [-0.4, -0.2) is 46.8 Å². The van der Waals surface area contributed by atoms with Gasteiger partial charge in [0.05, 0.1) is 25.4 Å². The Balaban J connectivity index is 1.68. The SMILES string of the molecule is COc1ccc(Cn2cc(C(=O)N3CCC[C@H]3CN)cn2)cc1. The molecule has 1 atom stereocenters. The molecule has 2 heterocycles. The van der Waals surface area contributed by atoms with Crippen LogP contribution in [0.2, 0.25) is 0 Å². The van der Waals surface area contributed by atoms with Crippen LogP contribution in [0.15, 0.2) is 36.7 Å². The average Bonchev–Trinajstić information content (AvgIpc) is 3.24. The largest absolute Gasteiger partial charge is 0.497 e. The molecule has 122 valence electrons. The number of likely N-dealkylation sites (tertiary alicyclic amines) is 1. The number of nitrogens with zero attached hydrogens (tertiary/aromatic N) is 3. The molecule has 0 saturated carbocycles. The normalized spacial score (nSPS) is 17.5. The molecular formula is C17H22N4O2. The van der Waals surface area contributed by atoms with E-state index in [1.54, 1.807) is 24.2 Å². The van der Waals surface area contributed by atoms with E-state index in [0.29, 0.717) is 18.7 Å². The summed E-state index contributed by atoms with van der Waals surface area (Å²) >= 11 is 0. The van der Waals surface area contributed by atoms with Crippen molar-refractivity contribution in [3.8, 4) is 5.75 Å². The van der Waals surface area contributed by atoms with Crippen LogP contribution in [0.4, 0.5) is 0 Å². The van der Waals surface area contributed by atoms with Crippen molar-refractivity contribution in [1.82, 2.24) is 14.7 Å². The van der Waals surface area contributed by atoms with Gasteiger partial charge in [-0.3, -0.25) is 9.48 Å². The maximum absolute atomic E-state index is 12.6. The summed E-state index contributed by atoms with van der Waals surface area (Å²) < 4.78 is 6.93. The van der Waals surface area contributed by atoms with E-state index >= 15 is 0 Å². The van der Waals surface area contributed by atoms with Gasteiger partial charge in [-0.1, -0.05) is 12.1 Å². The van der Waals surface area contributed by atoms with Gasteiger partial charge in [-0.25, -0.2) is 0 Å². The monoisotopic (exact) mass is 314 g/mol. The van der Waals surface area contributed by atoms with Gasteiger partial charge in [-0.05, 0) is 30.5 Å². The van der Waals surface area contributed by atoms with Crippen LogP contribution >= 0.6 is 0 Å². The first kappa shape index (κ1) is 15.6. The number of rotatable bonds is 5. The van der Waals surface area contributed by atoms with Gasteiger partial charge < -0.3 is 15.4 Å². The van der Waals surface area contributed by atoms with Crippen molar-refractivity contribution < 1.29 is 9.53 Å². The minimum absolute atomic E-state index is 0.0268. The van der Waals surface area contributed by atoms with Crippen molar-refractivity contribution in [3.05, 3.63) is 47.8 Å². The highest BCUT2D eigenvalue weighted by molar-refractivity contribution is 5.94. The molecule has 3 rings (SSSR count). The highest BCUT2D eigenvalue weighted by Gasteiger charge is 2.28. The van der Waals surface area contributed by atoms with E-state index in [1.165, 1.54) is 0 Å². The summed E-state index contributed by atoms with van der Waals surface area (Å²) in [5.74, 6) is 0.853. The molecule has 1 fully saturated rings. The number of aromatic nitrogens is 2. The number of carbonyl (C=O) groups excluding carboxylic acids is 1. The minimum Gasteiger partial charge on any atom is -0.497 e. The molecule has 1 amide bonds. The van der Waals surface area contributed by atoms with E-state index in [-0.39, 0.29) is 11.9 Å². The van der Waals surface area contributed by atoms with Crippen molar-refractivity contribution in [2.24, 2.45) is 5.73 Å². The summed E-state index contributed by atoms with van der Waals surface area (Å²) in [5, 5.41) is 4.30. The number of benzene rings is 1. The molecule has 1 aliphatic heterocycles. The smallest absolute Gasteiger partial charge is 0.257 e. The van der Waals surface area contributed by atoms with Crippen LogP contribution in [0.5, 0.6) is 5.75 Å². The zero-order valence-corrected chi connectivity index (χ0v) is 13.3. The molecule has 1 aromatic heterocycles. The number of ether oxygens (including phenoxy) is 1. The average molecular weight is 314 g/mol. The Bertz CT molecular complexity index is 665. The summed E-state index contributed by atoms with van der Waals surface area (Å²) in [4.78, 5) is 14.4. The third kappa shape index (κ3) is 3.37. The predicted octanol–water partition coefficient (Wildman–Crippen LogP) is 1.50. The molecule has 0 bridgehead atoms. The molecule has 0 radical (unpaired) electrons. The van der Waals surface area contributed by atoms with Crippen LogP contribution < -0.4 is 10.5 Å². The maximum Gasteiger partial charge on any atom is 0.257 e. The highest BCUT2D eigenvalue weighted by Crippen LogP contribution is 2.19. The number of hydrogen-bond acceptors (Lipinski definition) is 4. The molecule has 2 N–H and O–H groups in total. The van der Waals surface area contributed by atoms with Gasteiger partial charge in [0, 0.05) is 25.3 Å². The lowest BCUT2D eigenvalue weighted by atomic mass is 10.2. The molecule has 1 aliphatic rings. The summed E-state index contributed by atoms with van der Waals surface area (Å²) in [6.45, 7) is 1.92. The number of nitrogens with two attached hydrogens (primary N) is 1. The predicted molar refractivity (Wildman–Crippen MR) is 87.4 cm³/mol. The van der Waals surface area contributed by atoms with Crippen molar-refractivity contribution in [2.45, 2.75) is 25.4 Å². The molecular weight excluding hydrogens is 292 g/mol. The van der Waals surface area contributed by atoms with Crippen LogP contribution in [0.25, 0.3) is 0 Å². The molecule has 23 heavy (non-hydrogen) atoms. The molecule has 1 saturated heterocycles. The third-order valence-electron chi connectivity index (χ3n) is 4.29. The number of hydrogen-bond donors (Lipinski definition) is 1. The van der Waals surface area contributed by atoms with E-state index in [1.807, 2.05) is 29.2 Å². The molecule has 0 aliphatic carbocycles. The number of methoxy groups -OCH3 is 1. The van der Waals surface area contributed by atoms with Crippen molar-refractivity contribution in [2.75, 3.05) is 20.2 Å². The molecule has 2 aromatic rings. The highest BCUT2D eigenvalue weighted by atomic mass is 16.5. The third-order valence-corrected chi connectivity index (χ3v) is 4.29. The van der Waals surface area contributed by atoms with Crippen LogP contribution in [0.3, 0.4) is 0 Å². The fourth-order valence-electron chi connectivity index (χ4n) is 2.99. The van der Waals surface area contributed by atoms with Gasteiger partial charge in [0.15, 0.2) is 0 Å². The molecule has 1 aromatic carbocycles. The van der Waals surface area contributed by atoms with Gasteiger partial charge in [0.25, 0.3) is 5.91 Å². The van der Waals surface area contributed by atoms with Crippen LogP contribution in [0.1, 0.15) is 28.8 Å². The Hall–Kier alpha value is -2.34. The van der Waals surface area contributed by atoms with Crippen LogP contribution in [0, 0.1) is 0 Å². The van der Waals surface area contributed by atoms with Crippen LogP contribution in [-0.2, 0) is 6.54 Å². The van der Waals surface area contributed by atoms with Gasteiger partial charge in [0.1, 0.15) is 5.75 Å². The Kier molecular flexibility index (Phi) is 4.62. The fourth-order valence-corrected chi connectivity index (χ4v) is 2.99. The van der Waals surface area contributed by atoms with E-state index in [9.17, 15) is 4.79 Å². The van der Waals surface area contributed by atoms with Gasteiger partial charge in [-0.15, -0.1) is 0 Å². The number of carbonyl (C=O) groups is 1. The molecule has 0 spiro atoms. The second-order valence-electron chi connectivity index (χ2n) is 5.80. The maximum atomic E-state index is 12.6. The lowest BCUT2D eigenvalue weighted by molar-refractivity contribution is 0.0741. The lowest BCUT2D eigenvalue weighted by Gasteiger charge is -2.22. The molecule has 0 unspecified atom stereocenters. The fraction of sp³-hybridized carbons (Fsp3) is 0.412. The first-order valence-electron chi connectivity index (χ1n) is 7.87. The first-order valence-corrected chi connectivity index (χ1v) is 7.87. The standard InChI is InChI=1S/C17H22N4O2/c1-23-16-6-4-13(5-7-16)11-20-12-14(10-19-20)17(22)21-8-2-3-15(21)9-18/h4-7,10,12,15H,2-3,8-9,11,18H2,1H3/t15-/m0/s1. The summed E-state index contributed by atoms with van der Waals surface area (Å²) in [5.41, 5.74) is 7.48. The van der Waals surface area contributed by atoms with Gasteiger partial charge in [0.2, 0.25) is 0 Å². The zero-order valence-electron chi connectivity index (χ0n) is 13.3. The van der Waals surface area contributed by atoms with E-state index in [0.717, 1.165) is 30.7 Å². The Labute approximate surface area is 135 Å². The van der Waals surface area contributed by atoms with E-state index < -0.39 is 0 Å². The van der Waals surface area contributed by atoms with Crippen molar-refractivity contribution >= 4 is 5.91 Å². The summed E-state index contributed by atoms with van der Waals surface area (Å²) in [6.07, 6.45) is 5.45. The lowest BCUT2D eigenvalue weighted by Crippen LogP contribution is -2.39. The number of amides is 1. The van der Waals surface area contributed by atoms with Crippen molar-refractivity contribution in [1.29, 1.82) is 0 Å².